The molecule has 6 aromatic carbocycles. The first-order valence-electron chi connectivity index (χ1n) is 32.3. The largest absolute Gasteiger partial charge is 0.0654 e. The van der Waals surface area contributed by atoms with Crippen molar-refractivity contribution in [1.29, 1.82) is 0 Å². The van der Waals surface area contributed by atoms with Gasteiger partial charge in [0.15, 0.2) is 0 Å². The van der Waals surface area contributed by atoms with Crippen LogP contribution in [0.4, 0.5) is 0 Å². The minimum absolute atomic E-state index is 1.19. The summed E-state index contributed by atoms with van der Waals surface area (Å²) in [6.07, 6.45) is 60.5. The Morgan fingerprint density at radius 3 is 0.708 bits per heavy atom. The molecule has 0 atom stereocenters. The molecule has 0 fully saturated rings. The topological polar surface area (TPSA) is 0 Å². The second kappa shape index (κ2) is 35.2. The molecule has 0 aliphatic heterocycles. The summed E-state index contributed by atoms with van der Waals surface area (Å²) in [5, 5.41) is 15.4. The van der Waals surface area contributed by atoms with Gasteiger partial charge in [0, 0.05) is 0 Å². The van der Waals surface area contributed by atoms with Crippen molar-refractivity contribution in [1.82, 2.24) is 0 Å². The lowest BCUT2D eigenvalue weighted by molar-refractivity contribution is 0.556. The molecule has 72 heavy (non-hydrogen) atoms. The summed E-state index contributed by atoms with van der Waals surface area (Å²) in [4.78, 5) is 0. The van der Waals surface area contributed by atoms with E-state index in [1.807, 2.05) is 0 Å². The van der Waals surface area contributed by atoms with Crippen molar-refractivity contribution in [2.24, 2.45) is 0 Å². The zero-order chi connectivity index (χ0) is 50.3. The van der Waals surface area contributed by atoms with Gasteiger partial charge in [-0.05, 0) is 127 Å². The van der Waals surface area contributed by atoms with Gasteiger partial charge in [0.25, 0.3) is 0 Å². The minimum atomic E-state index is 1.19. The quantitative estimate of drug-likeness (QED) is 0.0203. The lowest BCUT2D eigenvalue weighted by Crippen LogP contribution is -1.98. The first kappa shape index (κ1) is 58.1. The third-order valence-electron chi connectivity index (χ3n) is 17.4. The monoisotopic (exact) mass is 975 g/mol. The Kier molecular flexibility index (Phi) is 28.4. The van der Waals surface area contributed by atoms with Gasteiger partial charge in [0.1, 0.15) is 0 Å². The van der Waals surface area contributed by atoms with Crippen LogP contribution in [0.1, 0.15) is 307 Å². The third kappa shape index (κ3) is 18.6. The van der Waals surface area contributed by atoms with E-state index in [9.17, 15) is 0 Å². The van der Waals surface area contributed by atoms with Gasteiger partial charge in [-0.15, -0.1) is 0 Å². The second-order valence-electron chi connectivity index (χ2n) is 23.5. The maximum atomic E-state index is 2.67. The van der Waals surface area contributed by atoms with Crippen LogP contribution in [0.5, 0.6) is 0 Å². The molecule has 0 aromatic heterocycles. The van der Waals surface area contributed by atoms with E-state index in [0.29, 0.717) is 0 Å². The zero-order valence-corrected chi connectivity index (χ0v) is 47.9. The molecule has 0 amide bonds. The van der Waals surface area contributed by atoms with Crippen molar-refractivity contribution in [2.75, 3.05) is 0 Å². The van der Waals surface area contributed by atoms with Gasteiger partial charge in [0.2, 0.25) is 0 Å². The SMILES string of the molecule is CCCCCCCCCCCCc1ccc2c(c1)c1c(CCCCCCCCCCCC)ccc3c4ccc(CCCCCCCCCCCC)cc4c4c(CCCCCCCCCCCC)ccc2c4c31. The van der Waals surface area contributed by atoms with E-state index in [-0.39, 0.29) is 0 Å². The smallest absolute Gasteiger partial charge is 0.00110 e. The molecule has 0 aliphatic carbocycles. The second-order valence-corrected chi connectivity index (χ2v) is 23.5. The van der Waals surface area contributed by atoms with E-state index in [4.69, 9.17) is 0 Å². The molecule has 0 unspecified atom stereocenters. The van der Waals surface area contributed by atoms with Crippen molar-refractivity contribution in [3.63, 3.8) is 0 Å². The van der Waals surface area contributed by atoms with Crippen molar-refractivity contribution >= 4 is 53.9 Å². The fraction of sp³-hybridized carbons (Fsp3) is 0.667. The van der Waals surface area contributed by atoms with Crippen LogP contribution in [0.25, 0.3) is 53.9 Å². The minimum Gasteiger partial charge on any atom is -0.0654 e. The highest BCUT2D eigenvalue weighted by atomic mass is 14.2. The highest BCUT2D eigenvalue weighted by Gasteiger charge is 2.21. The van der Waals surface area contributed by atoms with Gasteiger partial charge in [0.05, 0.1) is 0 Å². The molecule has 0 radical (unpaired) electrons. The third-order valence-corrected chi connectivity index (χ3v) is 17.4. The van der Waals surface area contributed by atoms with E-state index in [2.05, 4.69) is 88.4 Å². The van der Waals surface area contributed by atoms with Crippen LogP contribution in [0.15, 0.2) is 60.7 Å². The Labute approximate surface area is 444 Å². The lowest BCUT2D eigenvalue weighted by Gasteiger charge is -2.22. The Balaban J connectivity index is 1.29. The summed E-state index contributed by atoms with van der Waals surface area (Å²) in [6, 6.07) is 25.8. The average molecular weight is 976 g/mol. The molecule has 0 spiro atoms. The van der Waals surface area contributed by atoms with Crippen molar-refractivity contribution in [3.05, 3.63) is 82.9 Å². The summed E-state index contributed by atoms with van der Waals surface area (Å²) in [5.74, 6) is 0. The maximum Gasteiger partial charge on any atom is -0.00110 e. The van der Waals surface area contributed by atoms with Crippen LogP contribution in [0.2, 0.25) is 0 Å². The molecule has 6 rings (SSSR count). The first-order chi connectivity index (χ1) is 35.7. The fourth-order valence-corrected chi connectivity index (χ4v) is 12.9. The van der Waals surface area contributed by atoms with E-state index in [1.165, 1.54) is 315 Å². The van der Waals surface area contributed by atoms with Crippen molar-refractivity contribution in [2.45, 2.75) is 310 Å². The molecular weight excluding hydrogens is 865 g/mol. The van der Waals surface area contributed by atoms with Crippen LogP contribution in [-0.4, -0.2) is 0 Å². The van der Waals surface area contributed by atoms with Gasteiger partial charge in [-0.3, -0.25) is 0 Å². The highest BCUT2D eigenvalue weighted by Crippen LogP contribution is 2.48. The molecule has 0 saturated heterocycles. The number of benzene rings is 6. The summed E-state index contributed by atoms with van der Waals surface area (Å²) in [7, 11) is 0. The van der Waals surface area contributed by atoms with Crippen LogP contribution < -0.4 is 0 Å². The molecule has 0 saturated carbocycles. The van der Waals surface area contributed by atoms with Gasteiger partial charge in [-0.25, -0.2) is 0 Å². The molecule has 6 aromatic rings. The maximum absolute atomic E-state index is 2.67. The molecule has 398 valence electrons. The van der Waals surface area contributed by atoms with E-state index in [0.717, 1.165) is 0 Å². The van der Waals surface area contributed by atoms with Crippen LogP contribution >= 0.6 is 0 Å². The van der Waals surface area contributed by atoms with E-state index >= 15 is 0 Å². The number of rotatable bonds is 44. The van der Waals surface area contributed by atoms with Crippen LogP contribution in [0, 0.1) is 0 Å². The number of hydrogen-bond acceptors (Lipinski definition) is 0. The number of hydrogen-bond donors (Lipinski definition) is 0. The average Bonchev–Trinajstić information content (AvgIpc) is 3.40. The zero-order valence-electron chi connectivity index (χ0n) is 47.9. The molecule has 0 nitrogen and oxygen atoms in total. The Bertz CT molecular complexity index is 2170. The van der Waals surface area contributed by atoms with E-state index < -0.39 is 0 Å². The highest BCUT2D eigenvalue weighted by molar-refractivity contribution is 6.40. The first-order valence-corrected chi connectivity index (χ1v) is 32.3. The Morgan fingerprint density at radius 1 is 0.194 bits per heavy atom. The van der Waals surface area contributed by atoms with Gasteiger partial charge in [-0.1, -0.05) is 320 Å². The number of fused-ring (bicyclic) bond motifs is 6. The van der Waals surface area contributed by atoms with Crippen LogP contribution in [-0.2, 0) is 25.7 Å². The van der Waals surface area contributed by atoms with Crippen molar-refractivity contribution < 1.29 is 0 Å². The number of unbranched alkanes of at least 4 members (excludes halogenated alkanes) is 36. The molecule has 0 heteroatoms. The predicted octanol–water partition coefficient (Wildman–Crippen LogP) is 24.7. The summed E-state index contributed by atoms with van der Waals surface area (Å²) in [6.45, 7) is 9.31. The molecule has 0 aliphatic rings. The van der Waals surface area contributed by atoms with Crippen molar-refractivity contribution in [3.8, 4) is 0 Å². The normalized spacial score (nSPS) is 12.1. The standard InChI is InChI=1S/C72H110/c1-5-9-13-17-21-25-29-33-37-41-45-59-49-53-63-65-55-52-62(48-44-40-36-32-28-24-20-16-12-8-4)70-68-58-60(46-42-38-34-30-26-22-18-14-10-6-2)50-54-64(68)66-56-51-61(69(67(63)57-59)71(66)72(65)70)47-43-39-35-31-27-23-19-15-11-7-3/h49-58H,5-48H2,1-4H3. The summed E-state index contributed by atoms with van der Waals surface area (Å²) >= 11 is 0. The molecular formula is C72H110. The predicted molar refractivity (Wildman–Crippen MR) is 327 cm³/mol. The van der Waals surface area contributed by atoms with Gasteiger partial charge in [-0.2, -0.15) is 0 Å². The van der Waals surface area contributed by atoms with E-state index in [1.54, 1.807) is 43.8 Å². The summed E-state index contributed by atoms with van der Waals surface area (Å²) < 4.78 is 0. The fourth-order valence-electron chi connectivity index (χ4n) is 12.9. The van der Waals surface area contributed by atoms with Gasteiger partial charge < -0.3 is 0 Å². The Hall–Kier alpha value is -3.12. The lowest BCUT2D eigenvalue weighted by atomic mass is 9.81. The number of aryl methyl sites for hydroxylation is 4. The Morgan fingerprint density at radius 2 is 0.431 bits per heavy atom. The summed E-state index contributed by atoms with van der Waals surface area (Å²) in [5.41, 5.74) is 6.29. The molecule has 0 N–H and O–H groups in total. The van der Waals surface area contributed by atoms with Gasteiger partial charge >= 0.3 is 0 Å². The molecule has 0 bridgehead atoms. The molecule has 0 heterocycles. The van der Waals surface area contributed by atoms with Crippen LogP contribution in [0.3, 0.4) is 0 Å².